The number of carbonyl (C=O) groups is 1. The van der Waals surface area contributed by atoms with Gasteiger partial charge in [-0.3, -0.25) is 4.79 Å². The predicted molar refractivity (Wildman–Crippen MR) is 100.0 cm³/mol. The molecule has 3 atom stereocenters. The number of aliphatic hydroxyl groups is 2. The fraction of sp³-hybridized carbons (Fsp3) is 0.381. The number of hydrogen-bond acceptors (Lipinski definition) is 6. The smallest absolute Gasteiger partial charge is 0.176 e. The summed E-state index contributed by atoms with van der Waals surface area (Å²) in [6, 6.07) is 6.43. The number of allylic oxidation sites excluding steroid dienone is 2. The summed E-state index contributed by atoms with van der Waals surface area (Å²) >= 11 is 0. The number of rotatable bonds is 3. The Morgan fingerprint density at radius 3 is 2.59 bits per heavy atom. The van der Waals surface area contributed by atoms with Gasteiger partial charge in [0.1, 0.15) is 22.8 Å². The van der Waals surface area contributed by atoms with E-state index in [0.29, 0.717) is 0 Å². The molecule has 6 heteroatoms. The molecule has 0 saturated carbocycles. The zero-order chi connectivity index (χ0) is 19.8. The highest BCUT2D eigenvalue weighted by molar-refractivity contribution is 6.03. The van der Waals surface area contributed by atoms with E-state index in [1.807, 2.05) is 0 Å². The molecule has 3 rings (SSSR count). The minimum atomic E-state index is -0.781. The number of phenolic OH excluding ortho intramolecular Hbond substituents is 1. The number of Topliss-reactive ketones (excluding diaryl/α,β-unsaturated/α-hetero) is 1. The first kappa shape index (κ1) is 19.2. The Labute approximate surface area is 158 Å². The quantitative estimate of drug-likeness (QED) is 0.558. The van der Waals surface area contributed by atoms with Gasteiger partial charge in [-0.25, -0.2) is 0 Å². The summed E-state index contributed by atoms with van der Waals surface area (Å²) < 4.78 is 11.2. The van der Waals surface area contributed by atoms with Crippen molar-refractivity contribution in [2.75, 3.05) is 7.11 Å². The van der Waals surface area contributed by atoms with Crippen LogP contribution in [0.1, 0.15) is 25.8 Å². The fourth-order valence-electron chi connectivity index (χ4n) is 3.38. The van der Waals surface area contributed by atoms with Crippen LogP contribution in [0, 0.1) is 5.92 Å². The number of ether oxygens (including phenoxy) is 2. The van der Waals surface area contributed by atoms with Crippen LogP contribution in [0.4, 0.5) is 0 Å². The van der Waals surface area contributed by atoms with Gasteiger partial charge in [-0.05, 0) is 50.1 Å². The highest BCUT2D eigenvalue weighted by Crippen LogP contribution is 2.40. The molecule has 2 aliphatic rings. The van der Waals surface area contributed by atoms with Crippen molar-refractivity contribution >= 4 is 11.9 Å². The zero-order valence-electron chi connectivity index (χ0n) is 15.5. The number of phenols is 1. The molecule has 0 unspecified atom stereocenters. The molecule has 0 bridgehead atoms. The fourth-order valence-corrected chi connectivity index (χ4v) is 3.38. The van der Waals surface area contributed by atoms with Gasteiger partial charge in [-0.2, -0.15) is 0 Å². The zero-order valence-corrected chi connectivity index (χ0v) is 15.5. The van der Waals surface area contributed by atoms with Gasteiger partial charge >= 0.3 is 0 Å². The van der Waals surface area contributed by atoms with Crippen LogP contribution in [-0.2, 0) is 14.3 Å². The number of aliphatic hydroxyl groups excluding tert-OH is 2. The molecule has 3 N–H and O–H groups in total. The molecule has 0 amide bonds. The third-order valence-electron chi connectivity index (χ3n) is 5.06. The van der Waals surface area contributed by atoms with Gasteiger partial charge in [-0.1, -0.05) is 18.2 Å². The van der Waals surface area contributed by atoms with Crippen LogP contribution >= 0.6 is 0 Å². The predicted octanol–water partition coefficient (Wildman–Crippen LogP) is 2.88. The first-order valence-electron chi connectivity index (χ1n) is 8.79. The highest BCUT2D eigenvalue weighted by atomic mass is 16.5. The molecule has 1 aliphatic heterocycles. The molecule has 0 spiro atoms. The van der Waals surface area contributed by atoms with E-state index in [0.717, 1.165) is 5.56 Å². The third-order valence-corrected chi connectivity index (χ3v) is 5.06. The van der Waals surface area contributed by atoms with Crippen molar-refractivity contribution in [1.29, 1.82) is 0 Å². The average Bonchev–Trinajstić information content (AvgIpc) is 2.62. The minimum Gasteiger partial charge on any atom is -0.508 e. The maximum Gasteiger partial charge on any atom is 0.176 e. The molecule has 1 aromatic carbocycles. The number of fused-ring (bicyclic) bond motifs is 1. The van der Waals surface area contributed by atoms with E-state index in [2.05, 4.69) is 0 Å². The molecule has 1 fully saturated rings. The van der Waals surface area contributed by atoms with Crippen LogP contribution in [0.25, 0.3) is 6.08 Å². The Morgan fingerprint density at radius 1 is 1.30 bits per heavy atom. The van der Waals surface area contributed by atoms with E-state index >= 15 is 0 Å². The number of carbonyl (C=O) groups excluding carboxylic acids is 1. The molecular weight excluding hydrogens is 348 g/mol. The van der Waals surface area contributed by atoms with Gasteiger partial charge in [0.25, 0.3) is 0 Å². The summed E-state index contributed by atoms with van der Waals surface area (Å²) in [5, 5.41) is 30.1. The molecule has 1 saturated heterocycles. The van der Waals surface area contributed by atoms with Crippen LogP contribution < -0.4 is 0 Å². The van der Waals surface area contributed by atoms with Crippen LogP contribution in [0.5, 0.6) is 5.75 Å². The van der Waals surface area contributed by atoms with Crippen molar-refractivity contribution < 1.29 is 29.6 Å². The largest absolute Gasteiger partial charge is 0.508 e. The second-order valence-corrected chi connectivity index (χ2v) is 7.33. The standard InChI is InChI=1S/C21H24O6/c1-21(2)18(24)10-14-16(27-21)11-17(26-3)19(20(14)25)15(23)9-6-12-4-7-13(22)8-5-12/h4-9,11,14,16,18,22-24H,10H2,1-3H3/t14-,16-,18+/m1/s1. The summed E-state index contributed by atoms with van der Waals surface area (Å²) in [6.45, 7) is 3.56. The number of ketones is 1. The third kappa shape index (κ3) is 3.77. The molecule has 144 valence electrons. The SMILES string of the molecule is COC1=C[C@H]2OC(C)(C)[C@@H](O)C[C@H]2C(=O)C1=C(O)C=Cc1ccc(O)cc1. The van der Waals surface area contributed by atoms with Crippen molar-refractivity contribution in [2.45, 2.75) is 38.1 Å². The van der Waals surface area contributed by atoms with E-state index in [1.54, 1.807) is 38.1 Å². The lowest BCUT2D eigenvalue weighted by molar-refractivity contribution is -0.183. The molecular formula is C21H24O6. The molecule has 0 radical (unpaired) electrons. The monoisotopic (exact) mass is 372 g/mol. The summed E-state index contributed by atoms with van der Waals surface area (Å²) in [6.07, 6.45) is 3.68. The van der Waals surface area contributed by atoms with Crippen molar-refractivity contribution in [3.63, 3.8) is 0 Å². The van der Waals surface area contributed by atoms with Gasteiger partial charge in [0, 0.05) is 0 Å². The Kier molecular flexibility index (Phi) is 5.13. The van der Waals surface area contributed by atoms with E-state index < -0.39 is 23.7 Å². The highest BCUT2D eigenvalue weighted by Gasteiger charge is 2.48. The van der Waals surface area contributed by atoms with Gasteiger partial charge in [0.2, 0.25) is 0 Å². The van der Waals surface area contributed by atoms with E-state index in [9.17, 15) is 20.1 Å². The summed E-state index contributed by atoms with van der Waals surface area (Å²) in [4.78, 5) is 13.0. The van der Waals surface area contributed by atoms with Crippen LogP contribution in [0.3, 0.4) is 0 Å². The lowest BCUT2D eigenvalue weighted by Crippen LogP contribution is -2.53. The van der Waals surface area contributed by atoms with Crippen LogP contribution in [-0.4, -0.2) is 46.0 Å². The normalized spacial score (nSPS) is 29.3. The molecule has 0 aromatic heterocycles. The van der Waals surface area contributed by atoms with Crippen molar-refractivity contribution in [1.82, 2.24) is 0 Å². The van der Waals surface area contributed by atoms with Crippen molar-refractivity contribution in [3.8, 4) is 5.75 Å². The summed E-state index contributed by atoms with van der Waals surface area (Å²) in [5.74, 6) is -0.722. The Morgan fingerprint density at radius 2 is 1.96 bits per heavy atom. The van der Waals surface area contributed by atoms with Gasteiger partial charge < -0.3 is 24.8 Å². The van der Waals surface area contributed by atoms with E-state index in [-0.39, 0.29) is 35.0 Å². The number of methoxy groups -OCH3 is 1. The van der Waals surface area contributed by atoms with Gasteiger partial charge in [0.15, 0.2) is 5.78 Å². The lowest BCUT2D eigenvalue weighted by Gasteiger charge is -2.44. The average molecular weight is 372 g/mol. The first-order chi connectivity index (χ1) is 12.7. The topological polar surface area (TPSA) is 96.2 Å². The molecule has 6 nitrogen and oxygen atoms in total. The minimum absolute atomic E-state index is 0.0734. The first-order valence-corrected chi connectivity index (χ1v) is 8.79. The van der Waals surface area contributed by atoms with Crippen LogP contribution in [0.2, 0.25) is 0 Å². The lowest BCUT2D eigenvalue weighted by atomic mass is 9.76. The maximum atomic E-state index is 13.0. The number of aromatic hydroxyl groups is 1. The van der Waals surface area contributed by atoms with Gasteiger partial charge in [-0.15, -0.1) is 0 Å². The maximum absolute atomic E-state index is 13.0. The molecule has 27 heavy (non-hydrogen) atoms. The summed E-state index contributed by atoms with van der Waals surface area (Å²) in [7, 11) is 1.43. The summed E-state index contributed by atoms with van der Waals surface area (Å²) in [5.41, 5.74) is 0.0604. The number of benzene rings is 1. The molecule has 1 aliphatic carbocycles. The second-order valence-electron chi connectivity index (χ2n) is 7.33. The Bertz CT molecular complexity index is 816. The van der Waals surface area contributed by atoms with Crippen molar-refractivity contribution in [2.24, 2.45) is 5.92 Å². The van der Waals surface area contributed by atoms with Crippen molar-refractivity contribution in [3.05, 3.63) is 59.1 Å². The molecule has 1 aromatic rings. The Balaban J connectivity index is 1.95. The Hall–Kier alpha value is -2.57. The van der Waals surface area contributed by atoms with Gasteiger partial charge in [0.05, 0.1) is 30.8 Å². The number of hydrogen-bond donors (Lipinski definition) is 3. The van der Waals surface area contributed by atoms with E-state index in [4.69, 9.17) is 9.47 Å². The van der Waals surface area contributed by atoms with Crippen LogP contribution in [0.15, 0.2) is 53.5 Å². The van der Waals surface area contributed by atoms with E-state index in [1.165, 1.54) is 25.3 Å². The molecule has 1 heterocycles. The second kappa shape index (κ2) is 7.21.